The second-order valence-electron chi connectivity index (χ2n) is 8.87. The fourth-order valence-electron chi connectivity index (χ4n) is 4.17. The van der Waals surface area contributed by atoms with Gasteiger partial charge in [-0.1, -0.05) is 0 Å². The highest BCUT2D eigenvalue weighted by atomic mass is 19.4. The van der Waals surface area contributed by atoms with Gasteiger partial charge in [0.2, 0.25) is 5.91 Å². The van der Waals surface area contributed by atoms with Crippen LogP contribution in [0.4, 0.5) is 18.9 Å². The molecule has 3 rings (SSSR count). The molecule has 30 heavy (non-hydrogen) atoms. The quantitative estimate of drug-likeness (QED) is 0.725. The number of alkyl halides is 3. The summed E-state index contributed by atoms with van der Waals surface area (Å²) in [6.45, 7) is 5.63. The van der Waals surface area contributed by atoms with Crippen LogP contribution in [0.1, 0.15) is 52.9 Å². The molecule has 1 saturated heterocycles. The summed E-state index contributed by atoms with van der Waals surface area (Å²) < 4.78 is 48.5. The van der Waals surface area contributed by atoms with Crippen molar-refractivity contribution in [1.29, 1.82) is 0 Å². The standard InChI is InChI=1S/C22H30F3NO4/c1-15(2)29-14-21(28)10-8-20(9-11-21)12-13-26(19(20)27)17-4-6-18(7-5-17)30-16(3)22(23,24)25/h4-7,15-16,28H,8-14H2,1-3H3/t16-,20-,21+/m0/s1. The van der Waals surface area contributed by atoms with E-state index in [0.29, 0.717) is 44.3 Å². The number of ether oxygens (including phenoxy) is 2. The van der Waals surface area contributed by atoms with Crippen molar-refractivity contribution in [2.24, 2.45) is 5.41 Å². The first kappa shape index (κ1) is 22.9. The zero-order valence-corrected chi connectivity index (χ0v) is 17.7. The molecule has 1 atom stereocenters. The van der Waals surface area contributed by atoms with Gasteiger partial charge in [-0.2, -0.15) is 13.2 Å². The lowest BCUT2D eigenvalue weighted by Gasteiger charge is -2.41. The fraction of sp³-hybridized carbons (Fsp3) is 0.682. The molecular formula is C22H30F3NO4. The van der Waals surface area contributed by atoms with Gasteiger partial charge in [-0.05, 0) is 77.1 Å². The van der Waals surface area contributed by atoms with Gasteiger partial charge in [0.15, 0.2) is 6.10 Å². The summed E-state index contributed by atoms with van der Waals surface area (Å²) in [6, 6.07) is 6.15. The molecule has 168 valence electrons. The Kier molecular flexibility index (Phi) is 6.39. The van der Waals surface area contributed by atoms with Crippen LogP contribution in [0.2, 0.25) is 0 Å². The van der Waals surface area contributed by atoms with Gasteiger partial charge >= 0.3 is 6.18 Å². The van der Waals surface area contributed by atoms with Crippen molar-refractivity contribution in [1.82, 2.24) is 0 Å². The van der Waals surface area contributed by atoms with Crippen LogP contribution >= 0.6 is 0 Å². The van der Waals surface area contributed by atoms with E-state index in [0.717, 1.165) is 6.92 Å². The van der Waals surface area contributed by atoms with Crippen LogP contribution in [-0.4, -0.2) is 48.2 Å². The Labute approximate surface area is 175 Å². The van der Waals surface area contributed by atoms with E-state index < -0.39 is 23.3 Å². The lowest BCUT2D eigenvalue weighted by Crippen LogP contribution is -2.46. The van der Waals surface area contributed by atoms with Crippen molar-refractivity contribution in [2.75, 3.05) is 18.1 Å². The summed E-state index contributed by atoms with van der Waals surface area (Å²) in [5.41, 5.74) is -0.727. The Morgan fingerprint density at radius 1 is 1.07 bits per heavy atom. The van der Waals surface area contributed by atoms with Gasteiger partial charge < -0.3 is 19.5 Å². The van der Waals surface area contributed by atoms with E-state index in [1.54, 1.807) is 17.0 Å². The van der Waals surface area contributed by atoms with Crippen LogP contribution in [0.15, 0.2) is 24.3 Å². The number of hydrogen-bond donors (Lipinski definition) is 1. The average molecular weight is 429 g/mol. The third-order valence-corrected chi connectivity index (χ3v) is 6.26. The maximum Gasteiger partial charge on any atom is 0.425 e. The zero-order chi connectivity index (χ0) is 22.2. The molecule has 1 spiro atoms. The monoisotopic (exact) mass is 429 g/mol. The first-order valence-electron chi connectivity index (χ1n) is 10.4. The summed E-state index contributed by atoms with van der Waals surface area (Å²) in [7, 11) is 0. The molecular weight excluding hydrogens is 399 g/mol. The Morgan fingerprint density at radius 3 is 2.20 bits per heavy atom. The van der Waals surface area contributed by atoms with Crippen molar-refractivity contribution < 1.29 is 32.5 Å². The minimum Gasteiger partial charge on any atom is -0.481 e. The van der Waals surface area contributed by atoms with Gasteiger partial charge in [0.25, 0.3) is 0 Å². The second-order valence-corrected chi connectivity index (χ2v) is 8.87. The molecule has 0 aromatic heterocycles. The molecule has 0 unspecified atom stereocenters. The van der Waals surface area contributed by atoms with Crippen molar-refractivity contribution in [3.63, 3.8) is 0 Å². The Hall–Kier alpha value is -1.80. The van der Waals surface area contributed by atoms with Gasteiger partial charge in [0.05, 0.1) is 23.7 Å². The normalized spacial score (nSPS) is 28.4. The van der Waals surface area contributed by atoms with E-state index in [1.165, 1.54) is 12.1 Å². The van der Waals surface area contributed by atoms with E-state index in [9.17, 15) is 23.1 Å². The number of amides is 1. The molecule has 2 fully saturated rings. The number of halogens is 3. The molecule has 1 amide bonds. The molecule has 1 aromatic carbocycles. The highest BCUT2D eigenvalue weighted by molar-refractivity contribution is 6.00. The number of carbonyl (C=O) groups is 1. The van der Waals surface area contributed by atoms with Crippen LogP contribution in [0.3, 0.4) is 0 Å². The molecule has 1 aliphatic carbocycles. The Balaban J connectivity index is 1.62. The maximum absolute atomic E-state index is 13.2. The fourth-order valence-corrected chi connectivity index (χ4v) is 4.17. The van der Waals surface area contributed by atoms with Gasteiger partial charge in [0, 0.05) is 12.2 Å². The first-order chi connectivity index (χ1) is 13.9. The van der Waals surface area contributed by atoms with Crippen molar-refractivity contribution in [2.45, 2.75) is 76.9 Å². The zero-order valence-electron chi connectivity index (χ0n) is 17.7. The number of nitrogens with zero attached hydrogens (tertiary/aromatic N) is 1. The predicted molar refractivity (Wildman–Crippen MR) is 106 cm³/mol. The lowest BCUT2D eigenvalue weighted by atomic mass is 9.68. The molecule has 5 nitrogen and oxygen atoms in total. The highest BCUT2D eigenvalue weighted by Crippen LogP contribution is 2.48. The summed E-state index contributed by atoms with van der Waals surface area (Å²) in [4.78, 5) is 14.9. The third kappa shape index (κ3) is 4.91. The van der Waals surface area contributed by atoms with Gasteiger partial charge in [-0.3, -0.25) is 4.79 Å². The smallest absolute Gasteiger partial charge is 0.425 e. The summed E-state index contributed by atoms with van der Waals surface area (Å²) in [6.07, 6.45) is -3.35. The largest absolute Gasteiger partial charge is 0.481 e. The maximum atomic E-state index is 13.2. The SMILES string of the molecule is CC(C)OC[C@]1(O)CC[C@]2(CCN(c3ccc(O[C@@H](C)C(F)(F)F)cc3)C2=O)CC1. The Bertz CT molecular complexity index is 740. The van der Waals surface area contributed by atoms with Gasteiger partial charge in [-0.25, -0.2) is 0 Å². The van der Waals surface area contributed by atoms with E-state index in [4.69, 9.17) is 9.47 Å². The van der Waals surface area contributed by atoms with Gasteiger partial charge in [0.1, 0.15) is 5.75 Å². The van der Waals surface area contributed by atoms with Crippen molar-refractivity contribution in [3.05, 3.63) is 24.3 Å². The summed E-state index contributed by atoms with van der Waals surface area (Å²) >= 11 is 0. The topological polar surface area (TPSA) is 59.0 Å². The average Bonchev–Trinajstić information content (AvgIpc) is 2.99. The molecule has 2 aliphatic rings. The molecule has 1 aromatic rings. The molecule has 1 heterocycles. The number of anilines is 1. The minimum absolute atomic E-state index is 0.0201. The number of rotatable bonds is 6. The van der Waals surface area contributed by atoms with Crippen molar-refractivity contribution >= 4 is 11.6 Å². The summed E-state index contributed by atoms with van der Waals surface area (Å²) in [5.74, 6) is 0.129. The number of carbonyl (C=O) groups excluding carboxylic acids is 1. The first-order valence-corrected chi connectivity index (χ1v) is 10.4. The Morgan fingerprint density at radius 2 is 1.67 bits per heavy atom. The number of benzene rings is 1. The van der Waals surface area contributed by atoms with Crippen LogP contribution in [0.5, 0.6) is 5.75 Å². The van der Waals surface area contributed by atoms with E-state index >= 15 is 0 Å². The van der Waals surface area contributed by atoms with E-state index in [-0.39, 0.29) is 24.4 Å². The number of hydrogen-bond acceptors (Lipinski definition) is 4. The van der Waals surface area contributed by atoms with E-state index in [1.807, 2.05) is 13.8 Å². The molecule has 1 aliphatic heterocycles. The molecule has 0 bridgehead atoms. The molecule has 8 heteroatoms. The predicted octanol–water partition coefficient (Wildman–Crippen LogP) is 4.47. The minimum atomic E-state index is -4.43. The molecule has 1 N–H and O–H groups in total. The molecule has 1 saturated carbocycles. The summed E-state index contributed by atoms with van der Waals surface area (Å²) in [5, 5.41) is 10.7. The lowest BCUT2D eigenvalue weighted by molar-refractivity contribution is -0.189. The van der Waals surface area contributed by atoms with Crippen LogP contribution in [-0.2, 0) is 9.53 Å². The highest BCUT2D eigenvalue weighted by Gasteiger charge is 2.51. The second kappa shape index (κ2) is 8.38. The van der Waals surface area contributed by atoms with Crippen LogP contribution < -0.4 is 9.64 Å². The van der Waals surface area contributed by atoms with Crippen LogP contribution in [0.25, 0.3) is 0 Å². The van der Waals surface area contributed by atoms with E-state index in [2.05, 4.69) is 0 Å². The molecule has 0 radical (unpaired) electrons. The van der Waals surface area contributed by atoms with Crippen molar-refractivity contribution in [3.8, 4) is 5.75 Å². The van der Waals surface area contributed by atoms with Crippen LogP contribution in [0, 0.1) is 5.41 Å². The third-order valence-electron chi connectivity index (χ3n) is 6.26. The van der Waals surface area contributed by atoms with Gasteiger partial charge in [-0.15, -0.1) is 0 Å². The number of aliphatic hydroxyl groups is 1.